The summed E-state index contributed by atoms with van der Waals surface area (Å²) in [5.41, 5.74) is 0.419. The van der Waals surface area contributed by atoms with E-state index in [0.717, 1.165) is 25.2 Å². The highest BCUT2D eigenvalue weighted by Crippen LogP contribution is 2.65. The lowest BCUT2D eigenvalue weighted by Crippen LogP contribution is -2.46. The van der Waals surface area contributed by atoms with Crippen molar-refractivity contribution < 1.29 is 9.53 Å². The van der Waals surface area contributed by atoms with E-state index in [2.05, 4.69) is 48.5 Å². The molecule has 0 N–H and O–H groups in total. The van der Waals surface area contributed by atoms with E-state index in [0.29, 0.717) is 28.6 Å². The lowest BCUT2D eigenvalue weighted by Gasteiger charge is -2.49. The Hall–Kier alpha value is -0.530. The van der Waals surface area contributed by atoms with E-state index in [1.165, 1.54) is 32.1 Å². The van der Waals surface area contributed by atoms with Gasteiger partial charge >= 0.3 is 5.97 Å². The molecule has 5 atom stereocenters. The van der Waals surface area contributed by atoms with Crippen molar-refractivity contribution in [2.75, 3.05) is 0 Å². The van der Waals surface area contributed by atoms with Crippen molar-refractivity contribution >= 4 is 5.97 Å². The zero-order valence-electron chi connectivity index (χ0n) is 18.4. The van der Waals surface area contributed by atoms with Gasteiger partial charge in [-0.2, -0.15) is 0 Å². The number of hydrogen-bond acceptors (Lipinski definition) is 2. The van der Waals surface area contributed by atoms with Gasteiger partial charge in [0.15, 0.2) is 0 Å². The molecule has 0 amide bonds. The standard InChI is InChI=1S/C24H42O2/c1-8-23(5,6)20-17-14-16(19(20)22(2,3)4)15-18(17)21(25)26-24(7)12-10-9-11-13-24/h16-20H,8-15H2,1-7H3. The smallest absolute Gasteiger partial charge is 0.309 e. The van der Waals surface area contributed by atoms with Crippen molar-refractivity contribution in [1.29, 1.82) is 0 Å². The topological polar surface area (TPSA) is 26.3 Å². The highest BCUT2D eigenvalue weighted by atomic mass is 16.6. The van der Waals surface area contributed by atoms with Gasteiger partial charge in [-0.15, -0.1) is 0 Å². The van der Waals surface area contributed by atoms with Crippen LogP contribution in [0.15, 0.2) is 0 Å². The van der Waals surface area contributed by atoms with Crippen LogP contribution in [0.4, 0.5) is 0 Å². The first-order chi connectivity index (χ1) is 12.0. The predicted molar refractivity (Wildman–Crippen MR) is 108 cm³/mol. The molecule has 3 fully saturated rings. The van der Waals surface area contributed by atoms with Gasteiger partial charge in [0.2, 0.25) is 0 Å². The molecule has 2 bridgehead atoms. The molecule has 0 saturated heterocycles. The predicted octanol–water partition coefficient (Wildman–Crippen LogP) is 6.62. The van der Waals surface area contributed by atoms with Crippen molar-refractivity contribution in [3.63, 3.8) is 0 Å². The van der Waals surface area contributed by atoms with E-state index in [1.54, 1.807) is 0 Å². The van der Waals surface area contributed by atoms with E-state index in [4.69, 9.17) is 4.74 Å². The van der Waals surface area contributed by atoms with Crippen LogP contribution < -0.4 is 0 Å². The third-order valence-electron chi connectivity index (χ3n) is 8.38. The summed E-state index contributed by atoms with van der Waals surface area (Å²) in [4.78, 5) is 13.2. The Morgan fingerprint density at radius 1 is 1.00 bits per heavy atom. The molecule has 3 aliphatic rings. The number of hydrogen-bond donors (Lipinski definition) is 0. The molecule has 150 valence electrons. The Balaban J connectivity index is 1.79. The van der Waals surface area contributed by atoms with E-state index < -0.39 is 0 Å². The fraction of sp³-hybridized carbons (Fsp3) is 0.958. The Morgan fingerprint density at radius 3 is 2.15 bits per heavy atom. The molecule has 5 unspecified atom stereocenters. The lowest BCUT2D eigenvalue weighted by molar-refractivity contribution is -0.171. The molecule has 3 aliphatic carbocycles. The summed E-state index contributed by atoms with van der Waals surface area (Å²) >= 11 is 0. The second kappa shape index (κ2) is 6.82. The minimum Gasteiger partial charge on any atom is -0.459 e. The van der Waals surface area contributed by atoms with Gasteiger partial charge in [0.05, 0.1) is 5.92 Å². The minimum absolute atomic E-state index is 0.131. The lowest BCUT2D eigenvalue weighted by atomic mass is 9.56. The number of rotatable bonds is 4. The van der Waals surface area contributed by atoms with Crippen molar-refractivity contribution in [2.45, 2.75) is 105 Å². The molecule has 0 aliphatic heterocycles. The number of carbonyl (C=O) groups is 1. The maximum absolute atomic E-state index is 13.2. The molecule has 0 spiro atoms. The monoisotopic (exact) mass is 362 g/mol. The van der Waals surface area contributed by atoms with Crippen LogP contribution >= 0.6 is 0 Å². The summed E-state index contributed by atoms with van der Waals surface area (Å²) in [6, 6.07) is 0. The number of carbonyl (C=O) groups excluding carboxylic acids is 1. The summed E-state index contributed by atoms with van der Waals surface area (Å²) in [5, 5.41) is 0. The molecule has 3 saturated carbocycles. The summed E-state index contributed by atoms with van der Waals surface area (Å²) in [7, 11) is 0. The van der Waals surface area contributed by atoms with E-state index >= 15 is 0 Å². The van der Waals surface area contributed by atoms with Gasteiger partial charge < -0.3 is 4.74 Å². The van der Waals surface area contributed by atoms with Gasteiger partial charge in [-0.05, 0) is 80.0 Å². The van der Waals surface area contributed by atoms with Crippen LogP contribution in [-0.4, -0.2) is 11.6 Å². The Kier molecular flexibility index (Phi) is 5.30. The van der Waals surface area contributed by atoms with Crippen LogP contribution in [0.25, 0.3) is 0 Å². The summed E-state index contributed by atoms with van der Waals surface area (Å²) in [6.07, 6.45) is 9.30. The molecule has 0 heterocycles. The minimum atomic E-state index is -0.198. The van der Waals surface area contributed by atoms with Crippen LogP contribution in [0.1, 0.15) is 99.8 Å². The van der Waals surface area contributed by atoms with E-state index in [-0.39, 0.29) is 17.5 Å². The molecule has 3 rings (SSSR count). The molecule has 0 aromatic rings. The second-order valence-electron chi connectivity index (χ2n) is 11.7. The zero-order chi connectivity index (χ0) is 19.3. The maximum atomic E-state index is 13.2. The second-order valence-corrected chi connectivity index (χ2v) is 11.7. The molecular weight excluding hydrogens is 320 g/mol. The Morgan fingerprint density at radius 2 is 1.62 bits per heavy atom. The van der Waals surface area contributed by atoms with Crippen molar-refractivity contribution in [1.82, 2.24) is 0 Å². The number of fused-ring (bicyclic) bond motifs is 2. The zero-order valence-corrected chi connectivity index (χ0v) is 18.4. The third-order valence-corrected chi connectivity index (χ3v) is 8.38. The first-order valence-corrected chi connectivity index (χ1v) is 11.2. The van der Waals surface area contributed by atoms with Crippen LogP contribution in [-0.2, 0) is 9.53 Å². The molecule has 26 heavy (non-hydrogen) atoms. The molecular formula is C24H42O2. The first-order valence-electron chi connectivity index (χ1n) is 11.2. The largest absolute Gasteiger partial charge is 0.459 e. The molecule has 0 radical (unpaired) electrons. The van der Waals surface area contributed by atoms with Crippen LogP contribution in [0.2, 0.25) is 0 Å². The summed E-state index contributed by atoms with van der Waals surface area (Å²) in [5.74, 6) is 2.88. The van der Waals surface area contributed by atoms with Crippen LogP contribution in [0.3, 0.4) is 0 Å². The van der Waals surface area contributed by atoms with E-state index in [9.17, 15) is 4.79 Å². The summed E-state index contributed by atoms with van der Waals surface area (Å²) < 4.78 is 6.19. The fourth-order valence-electron chi connectivity index (χ4n) is 6.90. The highest BCUT2D eigenvalue weighted by molar-refractivity contribution is 5.74. The first kappa shape index (κ1) is 20.2. The van der Waals surface area contributed by atoms with Crippen molar-refractivity contribution in [2.24, 2.45) is 40.4 Å². The van der Waals surface area contributed by atoms with Crippen LogP contribution in [0, 0.1) is 40.4 Å². The quantitative estimate of drug-likeness (QED) is 0.525. The fourth-order valence-corrected chi connectivity index (χ4v) is 6.90. The number of ether oxygens (including phenoxy) is 1. The average Bonchev–Trinajstić information content (AvgIpc) is 3.13. The van der Waals surface area contributed by atoms with Crippen LogP contribution in [0.5, 0.6) is 0 Å². The average molecular weight is 363 g/mol. The number of esters is 1. The normalized spacial score (nSPS) is 37.0. The molecule has 2 heteroatoms. The van der Waals surface area contributed by atoms with Crippen molar-refractivity contribution in [3.8, 4) is 0 Å². The van der Waals surface area contributed by atoms with Gasteiger partial charge in [0.25, 0.3) is 0 Å². The van der Waals surface area contributed by atoms with Gasteiger partial charge in [-0.1, -0.05) is 54.4 Å². The summed E-state index contributed by atoms with van der Waals surface area (Å²) in [6.45, 7) is 16.6. The third kappa shape index (κ3) is 3.59. The Bertz CT molecular complexity index is 521. The molecule has 0 aromatic heterocycles. The van der Waals surface area contributed by atoms with Gasteiger partial charge in [0, 0.05) is 0 Å². The Labute approximate surface area is 161 Å². The van der Waals surface area contributed by atoms with Gasteiger partial charge in [0.1, 0.15) is 5.60 Å². The SMILES string of the molecule is CCC(C)(C)C1C2CC(CC2C(=O)OC2(C)CCCCC2)C1C(C)(C)C. The highest BCUT2D eigenvalue weighted by Gasteiger charge is 2.61. The van der Waals surface area contributed by atoms with E-state index in [1.807, 2.05) is 0 Å². The maximum Gasteiger partial charge on any atom is 0.309 e. The van der Waals surface area contributed by atoms with Gasteiger partial charge in [-0.25, -0.2) is 0 Å². The molecule has 2 nitrogen and oxygen atoms in total. The van der Waals surface area contributed by atoms with Gasteiger partial charge in [-0.3, -0.25) is 4.79 Å². The molecule has 0 aromatic carbocycles. The van der Waals surface area contributed by atoms with Crippen molar-refractivity contribution in [3.05, 3.63) is 0 Å².